The lowest BCUT2D eigenvalue weighted by Gasteiger charge is -2.28. The molecular formula is C21H23ClN4O. The van der Waals surface area contributed by atoms with Crippen molar-refractivity contribution in [3.05, 3.63) is 59.1 Å². The van der Waals surface area contributed by atoms with Gasteiger partial charge in [-0.25, -0.2) is 4.98 Å². The number of halogens is 1. The Labute approximate surface area is 163 Å². The molecule has 3 aromatic rings. The van der Waals surface area contributed by atoms with Gasteiger partial charge in [0.25, 0.3) is 0 Å². The first-order valence-corrected chi connectivity index (χ1v) is 9.78. The highest BCUT2D eigenvalue weighted by Gasteiger charge is 2.26. The van der Waals surface area contributed by atoms with Gasteiger partial charge in [0.2, 0.25) is 11.9 Å². The molecule has 6 heteroatoms. The Morgan fingerprint density at radius 3 is 2.56 bits per heavy atom. The molecule has 2 aromatic carbocycles. The van der Waals surface area contributed by atoms with Crippen molar-refractivity contribution in [3.8, 4) is 0 Å². The molecule has 0 atom stereocenters. The summed E-state index contributed by atoms with van der Waals surface area (Å²) in [4.78, 5) is 20.3. The third-order valence-electron chi connectivity index (χ3n) is 5.21. The third kappa shape index (κ3) is 4.42. The van der Waals surface area contributed by atoms with E-state index in [9.17, 15) is 4.79 Å². The lowest BCUT2D eigenvalue weighted by atomic mass is 9.85. The molecule has 0 aliphatic heterocycles. The maximum absolute atomic E-state index is 12.4. The number of amides is 1. The molecule has 0 radical (unpaired) electrons. The fourth-order valence-electron chi connectivity index (χ4n) is 3.65. The molecule has 140 valence electrons. The maximum atomic E-state index is 12.4. The predicted molar refractivity (Wildman–Crippen MR) is 109 cm³/mol. The first-order chi connectivity index (χ1) is 13.2. The van der Waals surface area contributed by atoms with Crippen molar-refractivity contribution in [1.82, 2.24) is 15.3 Å². The van der Waals surface area contributed by atoms with E-state index in [1.165, 1.54) is 0 Å². The Kier molecular flexibility index (Phi) is 5.30. The van der Waals surface area contributed by atoms with E-state index in [0.717, 1.165) is 48.2 Å². The second-order valence-electron chi connectivity index (χ2n) is 7.14. The van der Waals surface area contributed by atoms with E-state index in [4.69, 9.17) is 11.6 Å². The van der Waals surface area contributed by atoms with E-state index in [0.29, 0.717) is 17.6 Å². The number of hydrogen-bond donors (Lipinski definition) is 3. The lowest BCUT2D eigenvalue weighted by Crippen LogP contribution is -2.35. The van der Waals surface area contributed by atoms with E-state index < -0.39 is 0 Å². The normalized spacial score (nSPS) is 19.7. The van der Waals surface area contributed by atoms with E-state index in [1.807, 2.05) is 48.5 Å². The van der Waals surface area contributed by atoms with Crippen LogP contribution in [0.2, 0.25) is 5.02 Å². The zero-order valence-corrected chi connectivity index (χ0v) is 15.8. The Morgan fingerprint density at radius 1 is 1.07 bits per heavy atom. The third-order valence-corrected chi connectivity index (χ3v) is 5.46. The molecule has 3 N–H and O–H groups in total. The van der Waals surface area contributed by atoms with Gasteiger partial charge in [0.05, 0.1) is 11.0 Å². The summed E-state index contributed by atoms with van der Waals surface area (Å²) in [6, 6.07) is 15.9. The standard InChI is InChI=1S/C21H23ClN4O/c22-16-9-5-14(6-10-16)13-23-20(27)15-7-11-17(12-8-15)24-21-25-18-3-1-2-4-19(18)26-21/h1-6,9-10,15,17H,7-8,11-13H2,(H,23,27)(H2,24,25,26)/t15-,17-. The summed E-state index contributed by atoms with van der Waals surface area (Å²) in [5, 5.41) is 7.24. The second-order valence-corrected chi connectivity index (χ2v) is 7.58. The number of fused-ring (bicyclic) bond motifs is 1. The summed E-state index contributed by atoms with van der Waals surface area (Å²) >= 11 is 5.89. The Hall–Kier alpha value is -2.53. The van der Waals surface area contributed by atoms with Crippen LogP contribution in [0.4, 0.5) is 5.95 Å². The lowest BCUT2D eigenvalue weighted by molar-refractivity contribution is -0.126. The molecule has 0 saturated heterocycles. The molecule has 1 aromatic heterocycles. The number of aromatic nitrogens is 2. The van der Waals surface area contributed by atoms with Crippen LogP contribution in [-0.4, -0.2) is 21.9 Å². The van der Waals surface area contributed by atoms with E-state index in [1.54, 1.807) is 0 Å². The van der Waals surface area contributed by atoms with Gasteiger partial charge in [-0.2, -0.15) is 0 Å². The average Bonchev–Trinajstić information content (AvgIpc) is 3.10. The Morgan fingerprint density at radius 2 is 1.81 bits per heavy atom. The van der Waals surface area contributed by atoms with Gasteiger partial charge >= 0.3 is 0 Å². The minimum Gasteiger partial charge on any atom is -0.353 e. The van der Waals surface area contributed by atoms with Crippen molar-refractivity contribution in [2.45, 2.75) is 38.3 Å². The Bertz CT molecular complexity index is 880. The number of nitrogens with one attached hydrogen (secondary N) is 3. The van der Waals surface area contributed by atoms with Crippen LogP contribution in [0.5, 0.6) is 0 Å². The number of anilines is 1. The highest BCUT2D eigenvalue weighted by atomic mass is 35.5. The number of carbonyl (C=O) groups excluding carboxylic acids is 1. The average molecular weight is 383 g/mol. The number of rotatable bonds is 5. The summed E-state index contributed by atoms with van der Waals surface area (Å²) < 4.78 is 0. The molecule has 1 aliphatic rings. The van der Waals surface area contributed by atoms with Crippen LogP contribution >= 0.6 is 11.6 Å². The van der Waals surface area contributed by atoms with Gasteiger partial charge < -0.3 is 15.6 Å². The molecule has 1 saturated carbocycles. The number of H-pyrrole nitrogens is 1. The van der Waals surface area contributed by atoms with Crippen molar-refractivity contribution >= 4 is 34.5 Å². The fraction of sp³-hybridized carbons (Fsp3) is 0.333. The van der Waals surface area contributed by atoms with Crippen LogP contribution in [0, 0.1) is 5.92 Å². The van der Waals surface area contributed by atoms with Crippen LogP contribution in [-0.2, 0) is 11.3 Å². The molecule has 0 unspecified atom stereocenters. The van der Waals surface area contributed by atoms with Crippen molar-refractivity contribution in [1.29, 1.82) is 0 Å². The van der Waals surface area contributed by atoms with Crippen LogP contribution < -0.4 is 10.6 Å². The predicted octanol–water partition coefficient (Wildman–Crippen LogP) is 4.50. The number of aromatic amines is 1. The van der Waals surface area contributed by atoms with E-state index >= 15 is 0 Å². The smallest absolute Gasteiger partial charge is 0.223 e. The van der Waals surface area contributed by atoms with Gasteiger partial charge in [-0.3, -0.25) is 4.79 Å². The molecule has 4 rings (SSSR count). The number of carbonyl (C=O) groups is 1. The van der Waals surface area contributed by atoms with Gasteiger partial charge in [0.1, 0.15) is 0 Å². The number of imidazole rings is 1. The molecule has 1 amide bonds. The summed E-state index contributed by atoms with van der Waals surface area (Å²) in [6.45, 7) is 0.549. The topological polar surface area (TPSA) is 69.8 Å². The number of nitrogens with zero attached hydrogens (tertiary/aromatic N) is 1. The Balaban J connectivity index is 1.25. The number of hydrogen-bond acceptors (Lipinski definition) is 3. The molecule has 1 heterocycles. The molecule has 27 heavy (non-hydrogen) atoms. The monoisotopic (exact) mass is 382 g/mol. The van der Waals surface area contributed by atoms with Gasteiger partial charge in [0.15, 0.2) is 0 Å². The van der Waals surface area contributed by atoms with Crippen molar-refractivity contribution in [2.75, 3.05) is 5.32 Å². The highest BCUT2D eigenvalue weighted by Crippen LogP contribution is 2.27. The maximum Gasteiger partial charge on any atom is 0.223 e. The summed E-state index contributed by atoms with van der Waals surface area (Å²) in [5.74, 6) is 1.05. The van der Waals surface area contributed by atoms with Gasteiger partial charge in [-0.15, -0.1) is 0 Å². The SMILES string of the molecule is O=C(NCc1ccc(Cl)cc1)[C@H]1CC[C@H](Nc2nc3ccccc3[nH]2)CC1. The van der Waals surface area contributed by atoms with Crippen LogP contribution in [0.15, 0.2) is 48.5 Å². The summed E-state index contributed by atoms with van der Waals surface area (Å²) in [6.07, 6.45) is 3.72. The minimum atomic E-state index is 0.0889. The fourth-order valence-corrected chi connectivity index (χ4v) is 3.78. The first kappa shape index (κ1) is 17.9. The van der Waals surface area contributed by atoms with Crippen molar-refractivity contribution in [3.63, 3.8) is 0 Å². The quantitative estimate of drug-likeness (QED) is 0.608. The van der Waals surface area contributed by atoms with E-state index in [-0.39, 0.29) is 11.8 Å². The minimum absolute atomic E-state index is 0.0889. The van der Waals surface area contributed by atoms with Crippen molar-refractivity contribution in [2.24, 2.45) is 5.92 Å². The molecule has 1 fully saturated rings. The first-order valence-electron chi connectivity index (χ1n) is 9.41. The highest BCUT2D eigenvalue weighted by molar-refractivity contribution is 6.30. The van der Waals surface area contributed by atoms with E-state index in [2.05, 4.69) is 20.6 Å². The van der Waals surface area contributed by atoms with Gasteiger partial charge in [-0.1, -0.05) is 35.9 Å². The summed E-state index contributed by atoms with van der Waals surface area (Å²) in [5.41, 5.74) is 3.07. The zero-order chi connectivity index (χ0) is 18.6. The second kappa shape index (κ2) is 8.01. The molecule has 0 spiro atoms. The molecule has 0 bridgehead atoms. The number of benzene rings is 2. The van der Waals surface area contributed by atoms with Crippen molar-refractivity contribution < 1.29 is 4.79 Å². The van der Waals surface area contributed by atoms with Gasteiger partial charge in [-0.05, 0) is 55.5 Å². The van der Waals surface area contributed by atoms with Gasteiger partial charge in [0, 0.05) is 23.5 Å². The number of para-hydroxylation sites is 2. The zero-order valence-electron chi connectivity index (χ0n) is 15.0. The van der Waals surface area contributed by atoms with Crippen LogP contribution in [0.1, 0.15) is 31.2 Å². The van der Waals surface area contributed by atoms with Crippen LogP contribution in [0.25, 0.3) is 11.0 Å². The molecule has 1 aliphatic carbocycles. The molecular weight excluding hydrogens is 360 g/mol. The molecule has 5 nitrogen and oxygen atoms in total. The largest absolute Gasteiger partial charge is 0.353 e. The van der Waals surface area contributed by atoms with Crippen LogP contribution in [0.3, 0.4) is 0 Å². The summed E-state index contributed by atoms with van der Waals surface area (Å²) in [7, 11) is 0.